The van der Waals surface area contributed by atoms with Crippen molar-refractivity contribution in [2.45, 2.75) is 31.1 Å². The monoisotopic (exact) mass is 494 g/mol. The van der Waals surface area contributed by atoms with Crippen LogP contribution < -0.4 is 0 Å². The number of hydrogen-bond acceptors (Lipinski definition) is 5. The summed E-state index contributed by atoms with van der Waals surface area (Å²) in [5.74, 6) is -0.127. The number of benzene rings is 3. The Morgan fingerprint density at radius 1 is 1.00 bits per heavy atom. The molecule has 0 fully saturated rings. The summed E-state index contributed by atoms with van der Waals surface area (Å²) in [5.41, 5.74) is 4.83. The predicted octanol–water partition coefficient (Wildman–Crippen LogP) is 6.24. The molecular weight excluding hydrogens is 468 g/mol. The van der Waals surface area contributed by atoms with Crippen LogP contribution in [0.15, 0.2) is 83.9 Å². The van der Waals surface area contributed by atoms with Gasteiger partial charge in [-0.2, -0.15) is 5.26 Å². The third-order valence-electron chi connectivity index (χ3n) is 6.19. The van der Waals surface area contributed by atoms with Gasteiger partial charge in [-0.3, -0.25) is 9.78 Å². The number of allylic oxidation sites excluding steroid dienone is 1. The Morgan fingerprint density at radius 2 is 1.72 bits per heavy atom. The lowest BCUT2D eigenvalue weighted by Gasteiger charge is -2.19. The normalized spacial score (nSPS) is 12.4. The van der Waals surface area contributed by atoms with E-state index < -0.39 is 15.3 Å². The van der Waals surface area contributed by atoms with Crippen LogP contribution in [0, 0.1) is 11.3 Å². The standard InChI is InChI=1S/C30H26N2O3S/c1-20(33)27(22-10-12-26(13-11-22)36(4,34)35)16-21-7-5-8-23(15-21)28-18-25(30(2,3)19-31)17-24-9-6-14-32-29(24)28/h5-18H,1-4H3/b27-16-. The van der Waals surface area contributed by atoms with E-state index in [2.05, 4.69) is 11.1 Å². The van der Waals surface area contributed by atoms with E-state index >= 15 is 0 Å². The molecule has 0 radical (unpaired) electrons. The topological polar surface area (TPSA) is 87.9 Å². The number of nitrogens with zero attached hydrogens (tertiary/aromatic N) is 2. The van der Waals surface area contributed by atoms with Crippen molar-refractivity contribution in [2.75, 3.05) is 6.26 Å². The van der Waals surface area contributed by atoms with Gasteiger partial charge in [0.05, 0.1) is 21.9 Å². The lowest BCUT2D eigenvalue weighted by Crippen LogP contribution is -2.14. The minimum atomic E-state index is -3.33. The largest absolute Gasteiger partial charge is 0.294 e. The van der Waals surface area contributed by atoms with Crippen LogP contribution in [0.2, 0.25) is 0 Å². The van der Waals surface area contributed by atoms with Crippen LogP contribution in [-0.4, -0.2) is 25.4 Å². The zero-order chi connectivity index (χ0) is 26.1. The van der Waals surface area contributed by atoms with Gasteiger partial charge < -0.3 is 0 Å². The van der Waals surface area contributed by atoms with Crippen LogP contribution in [0.5, 0.6) is 0 Å². The third kappa shape index (κ3) is 5.12. The van der Waals surface area contributed by atoms with Crippen molar-refractivity contribution < 1.29 is 13.2 Å². The minimum Gasteiger partial charge on any atom is -0.294 e. The fraction of sp³-hybridized carbons (Fsp3) is 0.167. The summed E-state index contributed by atoms with van der Waals surface area (Å²) < 4.78 is 23.6. The first-order valence-corrected chi connectivity index (χ1v) is 13.3. The van der Waals surface area contributed by atoms with E-state index in [4.69, 9.17) is 0 Å². The van der Waals surface area contributed by atoms with Crippen molar-refractivity contribution >= 4 is 38.2 Å². The first-order chi connectivity index (χ1) is 17.0. The molecule has 0 N–H and O–H groups in total. The Morgan fingerprint density at radius 3 is 2.36 bits per heavy atom. The van der Waals surface area contributed by atoms with Crippen molar-refractivity contribution in [2.24, 2.45) is 0 Å². The number of fused-ring (bicyclic) bond motifs is 1. The lowest BCUT2D eigenvalue weighted by atomic mass is 9.83. The number of carbonyl (C=O) groups is 1. The molecular formula is C30H26N2O3S. The Labute approximate surface area is 211 Å². The molecule has 0 amide bonds. The van der Waals surface area contributed by atoms with Crippen LogP contribution in [0.1, 0.15) is 37.5 Å². The number of sulfone groups is 1. The van der Waals surface area contributed by atoms with E-state index in [1.54, 1.807) is 24.4 Å². The molecule has 0 unspecified atom stereocenters. The summed E-state index contributed by atoms with van der Waals surface area (Å²) in [4.78, 5) is 17.3. The van der Waals surface area contributed by atoms with Gasteiger partial charge in [-0.15, -0.1) is 0 Å². The molecule has 0 saturated heterocycles. The van der Waals surface area contributed by atoms with Crippen LogP contribution in [-0.2, 0) is 20.0 Å². The van der Waals surface area contributed by atoms with Crippen LogP contribution in [0.4, 0.5) is 0 Å². The highest BCUT2D eigenvalue weighted by Crippen LogP contribution is 2.34. The van der Waals surface area contributed by atoms with E-state index in [9.17, 15) is 18.5 Å². The molecule has 0 saturated carbocycles. The van der Waals surface area contributed by atoms with Gasteiger partial charge in [-0.25, -0.2) is 8.42 Å². The summed E-state index contributed by atoms with van der Waals surface area (Å²) in [6.45, 7) is 5.27. The van der Waals surface area contributed by atoms with Gasteiger partial charge in [0.1, 0.15) is 0 Å². The maximum atomic E-state index is 12.5. The number of carbonyl (C=O) groups excluding carboxylic acids is 1. The van der Waals surface area contributed by atoms with E-state index in [0.717, 1.165) is 39.4 Å². The molecule has 0 aliphatic heterocycles. The highest BCUT2D eigenvalue weighted by Gasteiger charge is 2.22. The molecule has 0 aliphatic carbocycles. The number of hydrogen-bond donors (Lipinski definition) is 0. The average molecular weight is 495 g/mol. The maximum absolute atomic E-state index is 12.5. The van der Waals surface area contributed by atoms with Gasteiger partial charge in [-0.1, -0.05) is 36.4 Å². The Bertz CT molecular complexity index is 1660. The summed E-state index contributed by atoms with van der Waals surface area (Å²) in [7, 11) is -3.33. The Kier molecular flexibility index (Phi) is 6.62. The zero-order valence-electron chi connectivity index (χ0n) is 20.6. The molecule has 0 bridgehead atoms. The molecule has 0 aliphatic rings. The molecule has 36 heavy (non-hydrogen) atoms. The summed E-state index contributed by atoms with van der Waals surface area (Å²) in [5, 5.41) is 10.7. The number of ketones is 1. The molecule has 5 nitrogen and oxygen atoms in total. The molecule has 6 heteroatoms. The molecule has 180 valence electrons. The second-order valence-corrected chi connectivity index (χ2v) is 11.4. The van der Waals surface area contributed by atoms with Gasteiger partial charge in [0.25, 0.3) is 0 Å². The third-order valence-corrected chi connectivity index (χ3v) is 7.32. The number of pyridine rings is 1. The van der Waals surface area contributed by atoms with Gasteiger partial charge in [0.2, 0.25) is 0 Å². The van der Waals surface area contributed by atoms with Crippen molar-refractivity contribution in [3.63, 3.8) is 0 Å². The van der Waals surface area contributed by atoms with Crippen molar-refractivity contribution in [3.05, 3.63) is 95.7 Å². The van der Waals surface area contributed by atoms with Gasteiger partial charge in [0.15, 0.2) is 15.6 Å². The SMILES string of the molecule is CC(=O)/C(=C/c1cccc(-c2cc(C(C)(C)C#N)cc3cccnc23)c1)c1ccc(S(C)(=O)=O)cc1. The number of nitriles is 1. The summed E-state index contributed by atoms with van der Waals surface area (Å²) in [6.07, 6.45) is 4.71. The van der Waals surface area contributed by atoms with Crippen LogP contribution >= 0.6 is 0 Å². The fourth-order valence-corrected chi connectivity index (χ4v) is 4.70. The van der Waals surface area contributed by atoms with E-state index in [1.807, 2.05) is 62.4 Å². The Hall–Kier alpha value is -4.08. The zero-order valence-corrected chi connectivity index (χ0v) is 21.4. The average Bonchev–Trinajstić information content (AvgIpc) is 2.86. The molecule has 1 aromatic heterocycles. The van der Waals surface area contributed by atoms with Gasteiger partial charge in [-0.05, 0) is 85.5 Å². The molecule has 4 aromatic rings. The first kappa shape index (κ1) is 25.0. The summed E-state index contributed by atoms with van der Waals surface area (Å²) >= 11 is 0. The summed E-state index contributed by atoms with van der Waals surface area (Å²) in [6, 6.07) is 24.4. The lowest BCUT2D eigenvalue weighted by molar-refractivity contribution is -0.111. The molecule has 3 aromatic carbocycles. The smallest absolute Gasteiger partial charge is 0.175 e. The maximum Gasteiger partial charge on any atom is 0.175 e. The van der Waals surface area contributed by atoms with E-state index in [-0.39, 0.29) is 10.7 Å². The van der Waals surface area contributed by atoms with Crippen LogP contribution in [0.25, 0.3) is 33.7 Å². The van der Waals surface area contributed by atoms with Crippen molar-refractivity contribution in [1.82, 2.24) is 4.98 Å². The van der Waals surface area contributed by atoms with Crippen LogP contribution in [0.3, 0.4) is 0 Å². The molecule has 0 spiro atoms. The van der Waals surface area contributed by atoms with Gasteiger partial charge >= 0.3 is 0 Å². The molecule has 0 atom stereocenters. The highest BCUT2D eigenvalue weighted by atomic mass is 32.2. The highest BCUT2D eigenvalue weighted by molar-refractivity contribution is 7.90. The predicted molar refractivity (Wildman–Crippen MR) is 144 cm³/mol. The number of rotatable bonds is 6. The van der Waals surface area contributed by atoms with E-state index in [0.29, 0.717) is 11.1 Å². The number of aromatic nitrogens is 1. The van der Waals surface area contributed by atoms with Crippen molar-refractivity contribution in [1.29, 1.82) is 5.26 Å². The first-order valence-electron chi connectivity index (χ1n) is 11.4. The number of Topliss-reactive ketones (excluding diaryl/α,β-unsaturated/α-hetero) is 1. The Balaban J connectivity index is 1.84. The second kappa shape index (κ2) is 9.52. The molecule has 1 heterocycles. The van der Waals surface area contributed by atoms with E-state index in [1.165, 1.54) is 19.1 Å². The fourth-order valence-electron chi connectivity index (χ4n) is 4.07. The second-order valence-electron chi connectivity index (χ2n) is 9.37. The van der Waals surface area contributed by atoms with Gasteiger partial charge in [0, 0.05) is 29.0 Å². The van der Waals surface area contributed by atoms with Crippen molar-refractivity contribution in [3.8, 4) is 17.2 Å². The molecule has 4 rings (SSSR count). The minimum absolute atomic E-state index is 0.127. The quantitative estimate of drug-likeness (QED) is 0.234.